The van der Waals surface area contributed by atoms with Crippen LogP contribution in [0.3, 0.4) is 0 Å². The Labute approximate surface area is 224 Å². The number of nitrogens with zero attached hydrogens (tertiary/aromatic N) is 2. The molecule has 2 heterocycles. The summed E-state index contributed by atoms with van der Waals surface area (Å²) in [5.41, 5.74) is -0.0890. The number of sulfone groups is 1. The number of rotatable bonds is 8. The Morgan fingerprint density at radius 3 is 2.58 bits per heavy atom. The topological polar surface area (TPSA) is 96.4 Å². The Kier molecular flexibility index (Phi) is 7.18. The van der Waals surface area contributed by atoms with Gasteiger partial charge in [-0.15, -0.1) is 12.3 Å². The van der Waals surface area contributed by atoms with Crippen LogP contribution in [0.1, 0.15) is 60.6 Å². The number of hydrogen-bond acceptors (Lipinski definition) is 5. The molecule has 11 heteroatoms. The fourth-order valence-electron chi connectivity index (χ4n) is 5.04. The zero-order chi connectivity index (χ0) is 27.2. The fourth-order valence-corrected chi connectivity index (χ4v) is 6.86. The van der Waals surface area contributed by atoms with Crippen LogP contribution in [-0.4, -0.2) is 48.0 Å². The summed E-state index contributed by atoms with van der Waals surface area (Å²) in [7, 11) is -3.55. The quantitative estimate of drug-likeness (QED) is 0.387. The summed E-state index contributed by atoms with van der Waals surface area (Å²) < 4.78 is 54.3. The number of aromatic nitrogens is 1. The molecule has 0 unspecified atom stereocenters. The smallest absolute Gasteiger partial charge is 0.273 e. The van der Waals surface area contributed by atoms with Crippen LogP contribution >= 0.6 is 11.6 Å². The van der Waals surface area contributed by atoms with Gasteiger partial charge in [-0.2, -0.15) is 0 Å². The normalized spacial score (nSPS) is 22.1. The Morgan fingerprint density at radius 2 is 1.92 bits per heavy atom. The summed E-state index contributed by atoms with van der Waals surface area (Å²) in [5, 5.41) is 2.03. The van der Waals surface area contributed by atoms with E-state index in [9.17, 15) is 26.8 Å². The molecule has 7 nitrogen and oxygen atoms in total. The Hall–Kier alpha value is -3.03. The first-order chi connectivity index (χ1) is 18.1. The third-order valence-corrected chi connectivity index (χ3v) is 9.92. The van der Waals surface area contributed by atoms with Crippen molar-refractivity contribution >= 4 is 33.3 Å². The number of likely N-dealkylation sites (tertiary alicyclic amines) is 1. The molecule has 1 aliphatic heterocycles. The molecule has 3 fully saturated rings. The molecule has 1 aromatic heterocycles. The van der Waals surface area contributed by atoms with Crippen molar-refractivity contribution < 1.29 is 26.8 Å². The molecule has 2 amide bonds. The van der Waals surface area contributed by atoms with Crippen molar-refractivity contribution in [2.75, 3.05) is 6.54 Å². The van der Waals surface area contributed by atoms with Crippen LogP contribution in [0, 0.1) is 35.8 Å². The second-order valence-electron chi connectivity index (χ2n) is 10.2. The second-order valence-corrected chi connectivity index (χ2v) is 12.9. The second kappa shape index (κ2) is 10.3. The van der Waals surface area contributed by atoms with Crippen LogP contribution in [0.4, 0.5) is 8.78 Å². The van der Waals surface area contributed by atoms with Crippen LogP contribution < -0.4 is 5.32 Å². The van der Waals surface area contributed by atoms with Crippen molar-refractivity contribution in [1.82, 2.24) is 15.2 Å². The van der Waals surface area contributed by atoms with Crippen molar-refractivity contribution in [1.29, 1.82) is 0 Å². The molecule has 0 radical (unpaired) electrons. The van der Waals surface area contributed by atoms with Gasteiger partial charge in [-0.05, 0) is 68.2 Å². The third kappa shape index (κ3) is 5.27. The highest BCUT2D eigenvalue weighted by atomic mass is 35.5. The Morgan fingerprint density at radius 1 is 1.18 bits per heavy atom. The maximum absolute atomic E-state index is 14.7. The lowest BCUT2D eigenvalue weighted by atomic mass is 9.99. The van der Waals surface area contributed by atoms with Crippen LogP contribution in [0.5, 0.6) is 0 Å². The molecule has 3 aliphatic rings. The Balaban J connectivity index is 1.41. The molecule has 2 aliphatic carbocycles. The average Bonchev–Trinajstić information content (AvgIpc) is 3.82. The summed E-state index contributed by atoms with van der Waals surface area (Å²) in [6.45, 7) is 0.181. The standard InChI is InChI=1S/C27H26ClF2N3O4S/c1-2-3-15-10-24(26(34)32-25(16-4-5-16)19-12-22(30)20(28)13-21(19)29)33(14-15)27(35)23-11-18(8-9-31-23)38(36,37)17-6-7-17/h1,8-9,11-13,15-17,24-25H,3-7,10,14H2,(H,32,34)/t15-,24-,25-/m1/s1. The van der Waals surface area contributed by atoms with Gasteiger partial charge in [0.1, 0.15) is 23.4 Å². The van der Waals surface area contributed by atoms with Gasteiger partial charge in [0.05, 0.1) is 21.2 Å². The molecule has 1 aromatic carbocycles. The molecule has 0 spiro atoms. The van der Waals surface area contributed by atoms with E-state index in [2.05, 4.69) is 16.2 Å². The largest absolute Gasteiger partial charge is 0.347 e. The highest BCUT2D eigenvalue weighted by Crippen LogP contribution is 2.43. The molecule has 1 N–H and O–H groups in total. The first-order valence-corrected chi connectivity index (χ1v) is 14.4. The molecule has 5 rings (SSSR count). The van der Waals surface area contributed by atoms with E-state index in [0.717, 1.165) is 25.0 Å². The first-order valence-electron chi connectivity index (χ1n) is 12.5. The lowest BCUT2D eigenvalue weighted by Crippen LogP contribution is -2.47. The lowest BCUT2D eigenvalue weighted by molar-refractivity contribution is -0.125. The predicted molar refractivity (Wildman–Crippen MR) is 136 cm³/mol. The molecular weight excluding hydrogens is 536 g/mol. The number of carbonyl (C=O) groups is 2. The number of halogens is 3. The first kappa shape index (κ1) is 26.6. The minimum absolute atomic E-state index is 0.00144. The summed E-state index contributed by atoms with van der Waals surface area (Å²) in [4.78, 5) is 32.5. The van der Waals surface area contributed by atoms with Crippen molar-refractivity contribution in [2.45, 2.75) is 60.8 Å². The van der Waals surface area contributed by atoms with E-state index in [-0.39, 0.29) is 46.0 Å². The molecule has 2 saturated carbocycles. The Bertz CT molecular complexity index is 1440. The number of hydrogen-bond donors (Lipinski definition) is 1. The highest BCUT2D eigenvalue weighted by molar-refractivity contribution is 7.92. The number of carbonyl (C=O) groups excluding carboxylic acids is 2. The summed E-state index contributed by atoms with van der Waals surface area (Å²) in [5.74, 6) is -0.310. The van der Waals surface area contributed by atoms with E-state index >= 15 is 0 Å². The van der Waals surface area contributed by atoms with Crippen molar-refractivity contribution in [3.05, 3.63) is 58.4 Å². The molecule has 3 atom stereocenters. The van der Waals surface area contributed by atoms with E-state index in [1.54, 1.807) is 0 Å². The van der Waals surface area contributed by atoms with Crippen LogP contribution in [0.25, 0.3) is 0 Å². The van der Waals surface area contributed by atoms with Gasteiger partial charge < -0.3 is 10.2 Å². The van der Waals surface area contributed by atoms with E-state index in [4.69, 9.17) is 18.0 Å². The van der Waals surface area contributed by atoms with E-state index in [0.29, 0.717) is 19.3 Å². The van der Waals surface area contributed by atoms with Crippen LogP contribution in [0.2, 0.25) is 5.02 Å². The van der Waals surface area contributed by atoms with Gasteiger partial charge in [-0.25, -0.2) is 17.2 Å². The minimum Gasteiger partial charge on any atom is -0.347 e. The van der Waals surface area contributed by atoms with Crippen molar-refractivity contribution in [3.8, 4) is 12.3 Å². The van der Waals surface area contributed by atoms with E-state index in [1.807, 2.05) is 0 Å². The third-order valence-electron chi connectivity index (χ3n) is 7.37. The van der Waals surface area contributed by atoms with Gasteiger partial charge in [0.25, 0.3) is 5.91 Å². The minimum atomic E-state index is -3.55. The van der Waals surface area contributed by atoms with Gasteiger partial charge >= 0.3 is 0 Å². The highest BCUT2D eigenvalue weighted by Gasteiger charge is 2.43. The number of amides is 2. The molecule has 1 saturated heterocycles. The molecule has 2 aromatic rings. The lowest BCUT2D eigenvalue weighted by Gasteiger charge is -2.27. The summed E-state index contributed by atoms with van der Waals surface area (Å²) in [6, 6.07) is 2.76. The monoisotopic (exact) mass is 561 g/mol. The molecular formula is C27H26ClF2N3O4S. The van der Waals surface area contributed by atoms with Gasteiger partial charge in [0, 0.05) is 24.7 Å². The van der Waals surface area contributed by atoms with Gasteiger partial charge in [0.2, 0.25) is 5.91 Å². The number of terminal acetylenes is 1. The SMILES string of the molecule is C#CC[C@@H]1C[C@H](C(=O)N[C@@H](c2cc(F)c(Cl)cc2F)C2CC2)N(C(=O)c2cc(S(=O)(=O)C3CC3)ccn2)C1. The van der Waals surface area contributed by atoms with E-state index in [1.165, 1.54) is 23.2 Å². The van der Waals surface area contributed by atoms with Crippen LogP contribution in [0.15, 0.2) is 35.4 Å². The molecule has 200 valence electrons. The maximum Gasteiger partial charge on any atom is 0.273 e. The average molecular weight is 562 g/mol. The zero-order valence-electron chi connectivity index (χ0n) is 20.4. The van der Waals surface area contributed by atoms with Gasteiger partial charge in [-0.3, -0.25) is 14.6 Å². The van der Waals surface area contributed by atoms with Gasteiger partial charge in [0.15, 0.2) is 9.84 Å². The summed E-state index contributed by atoms with van der Waals surface area (Å²) >= 11 is 5.71. The molecule has 38 heavy (non-hydrogen) atoms. The number of nitrogens with one attached hydrogen (secondary N) is 1. The number of pyridine rings is 1. The zero-order valence-corrected chi connectivity index (χ0v) is 21.9. The summed E-state index contributed by atoms with van der Waals surface area (Å²) in [6.07, 6.45) is 9.99. The molecule has 0 bridgehead atoms. The predicted octanol–water partition coefficient (Wildman–Crippen LogP) is 4.07. The van der Waals surface area contributed by atoms with Crippen molar-refractivity contribution in [3.63, 3.8) is 0 Å². The van der Waals surface area contributed by atoms with Crippen LogP contribution in [-0.2, 0) is 14.6 Å². The fraction of sp³-hybridized carbons (Fsp3) is 0.444. The van der Waals surface area contributed by atoms with E-state index < -0.39 is 50.6 Å². The number of benzene rings is 1. The van der Waals surface area contributed by atoms with Crippen molar-refractivity contribution in [2.24, 2.45) is 11.8 Å². The maximum atomic E-state index is 14.7. The van der Waals surface area contributed by atoms with Gasteiger partial charge in [-0.1, -0.05) is 11.6 Å².